The number of rotatable bonds is 5. The molecule has 5 fully saturated rings. The van der Waals surface area contributed by atoms with E-state index in [0.29, 0.717) is 12.0 Å². The molecule has 0 N–H and O–H groups in total. The molecule has 6 nitrogen and oxygen atoms in total. The fourth-order valence-electron chi connectivity index (χ4n) is 7.05. The average molecular weight is 384 g/mol. The highest BCUT2D eigenvalue weighted by Crippen LogP contribution is 2.60. The van der Waals surface area contributed by atoms with E-state index in [9.17, 15) is 4.79 Å². The number of nitrogens with zero attached hydrogens (tertiary/aromatic N) is 5. The molecule has 4 saturated carbocycles. The van der Waals surface area contributed by atoms with Crippen molar-refractivity contribution in [3.8, 4) is 0 Å². The molecule has 6 rings (SSSR count). The van der Waals surface area contributed by atoms with Crippen molar-refractivity contribution in [2.75, 3.05) is 51.2 Å². The van der Waals surface area contributed by atoms with Crippen molar-refractivity contribution in [2.45, 2.75) is 38.5 Å². The Bertz CT molecular complexity index is 665. The first kappa shape index (κ1) is 18.3. The summed E-state index contributed by atoms with van der Waals surface area (Å²) in [5.74, 6) is 3.98. The van der Waals surface area contributed by atoms with E-state index in [4.69, 9.17) is 0 Å². The zero-order chi connectivity index (χ0) is 19.1. The molecule has 0 radical (unpaired) electrons. The van der Waals surface area contributed by atoms with Crippen LogP contribution in [0.2, 0.25) is 0 Å². The van der Waals surface area contributed by atoms with E-state index in [0.717, 1.165) is 56.4 Å². The van der Waals surface area contributed by atoms with Crippen LogP contribution in [-0.2, 0) is 4.79 Å². The van der Waals surface area contributed by atoms with E-state index >= 15 is 0 Å². The zero-order valence-corrected chi connectivity index (χ0v) is 17.1. The molecule has 0 atom stereocenters. The molecule has 1 aliphatic heterocycles. The molecule has 1 amide bonds. The summed E-state index contributed by atoms with van der Waals surface area (Å²) in [6.45, 7) is 4.83. The Balaban J connectivity index is 1.12. The third-order valence-corrected chi connectivity index (χ3v) is 7.64. The van der Waals surface area contributed by atoms with Gasteiger partial charge >= 0.3 is 0 Å². The Hall–Kier alpha value is -1.69. The highest BCUT2D eigenvalue weighted by atomic mass is 16.2. The van der Waals surface area contributed by atoms with Gasteiger partial charge in [0.2, 0.25) is 11.9 Å². The number of amides is 1. The first-order valence-electron chi connectivity index (χ1n) is 11.1. The quantitative estimate of drug-likeness (QED) is 0.781. The standard InChI is InChI=1S/C22H33N5O/c1-25(16-22-12-17-9-18(13-22)11-19(10-17)14-22)15-20(28)26-5-7-27(8-6-26)21-23-3-2-4-24-21/h2-4,17-19H,5-16H2,1H3. The van der Waals surface area contributed by atoms with Crippen LogP contribution in [0, 0.1) is 23.2 Å². The van der Waals surface area contributed by atoms with E-state index in [-0.39, 0.29) is 5.91 Å². The van der Waals surface area contributed by atoms with Gasteiger partial charge in [-0.15, -0.1) is 0 Å². The van der Waals surface area contributed by atoms with Crippen molar-refractivity contribution in [3.05, 3.63) is 18.5 Å². The lowest BCUT2D eigenvalue weighted by atomic mass is 9.49. The molecule has 4 bridgehead atoms. The average Bonchev–Trinajstić information content (AvgIpc) is 2.67. The second-order valence-corrected chi connectivity index (χ2v) is 10.0. The number of likely N-dealkylation sites (N-methyl/N-ethyl adjacent to an activating group) is 1. The van der Waals surface area contributed by atoms with Gasteiger partial charge in [0, 0.05) is 45.1 Å². The Morgan fingerprint density at radius 2 is 1.61 bits per heavy atom. The van der Waals surface area contributed by atoms with Gasteiger partial charge in [0.25, 0.3) is 0 Å². The maximum atomic E-state index is 12.9. The molecular formula is C22H33N5O. The molecule has 1 aromatic heterocycles. The third kappa shape index (κ3) is 3.63. The van der Waals surface area contributed by atoms with Gasteiger partial charge in [-0.1, -0.05) is 0 Å². The maximum Gasteiger partial charge on any atom is 0.236 e. The smallest absolute Gasteiger partial charge is 0.236 e. The molecule has 152 valence electrons. The zero-order valence-electron chi connectivity index (χ0n) is 17.1. The van der Waals surface area contributed by atoms with Gasteiger partial charge in [0.05, 0.1) is 6.54 Å². The minimum Gasteiger partial charge on any atom is -0.338 e. The first-order valence-corrected chi connectivity index (χ1v) is 11.1. The first-order chi connectivity index (χ1) is 13.6. The maximum absolute atomic E-state index is 12.9. The number of aromatic nitrogens is 2. The Morgan fingerprint density at radius 3 is 2.18 bits per heavy atom. The number of carbonyl (C=O) groups excluding carboxylic acids is 1. The van der Waals surface area contributed by atoms with Crippen LogP contribution in [0.5, 0.6) is 0 Å². The molecule has 28 heavy (non-hydrogen) atoms. The Kier molecular flexibility index (Phi) is 4.77. The number of hydrogen-bond acceptors (Lipinski definition) is 5. The fraction of sp³-hybridized carbons (Fsp3) is 0.773. The van der Waals surface area contributed by atoms with Crippen LogP contribution in [-0.4, -0.2) is 72.0 Å². The third-order valence-electron chi connectivity index (χ3n) is 7.64. The minimum atomic E-state index is 0.279. The van der Waals surface area contributed by atoms with Gasteiger partial charge in [-0.05, 0) is 74.8 Å². The lowest BCUT2D eigenvalue weighted by Gasteiger charge is -2.57. The number of anilines is 1. The minimum absolute atomic E-state index is 0.279. The van der Waals surface area contributed by atoms with Gasteiger partial charge in [0.1, 0.15) is 0 Å². The van der Waals surface area contributed by atoms with E-state index in [1.807, 2.05) is 11.0 Å². The van der Waals surface area contributed by atoms with Crippen molar-refractivity contribution in [1.29, 1.82) is 0 Å². The Labute approximate surface area is 168 Å². The summed E-state index contributed by atoms with van der Waals surface area (Å²) in [6.07, 6.45) is 12.2. The molecule has 1 saturated heterocycles. The molecule has 6 heteroatoms. The van der Waals surface area contributed by atoms with E-state index < -0.39 is 0 Å². The van der Waals surface area contributed by atoms with E-state index in [2.05, 4.69) is 26.8 Å². The monoisotopic (exact) mass is 383 g/mol. The van der Waals surface area contributed by atoms with Gasteiger partial charge < -0.3 is 9.80 Å². The molecule has 0 spiro atoms. The topological polar surface area (TPSA) is 52.6 Å². The van der Waals surface area contributed by atoms with Crippen LogP contribution in [0.4, 0.5) is 5.95 Å². The van der Waals surface area contributed by atoms with E-state index in [1.165, 1.54) is 38.5 Å². The normalized spacial score (nSPS) is 34.3. The van der Waals surface area contributed by atoms with Gasteiger partial charge in [-0.25, -0.2) is 9.97 Å². The van der Waals surface area contributed by atoms with E-state index in [1.54, 1.807) is 12.4 Å². The van der Waals surface area contributed by atoms with Crippen LogP contribution in [0.25, 0.3) is 0 Å². The summed E-state index contributed by atoms with van der Waals surface area (Å²) in [7, 11) is 2.16. The number of carbonyl (C=O) groups is 1. The van der Waals surface area contributed by atoms with Gasteiger partial charge in [-0.3, -0.25) is 9.69 Å². The van der Waals surface area contributed by atoms with Crippen LogP contribution in [0.3, 0.4) is 0 Å². The predicted molar refractivity (Wildman–Crippen MR) is 109 cm³/mol. The van der Waals surface area contributed by atoms with Crippen molar-refractivity contribution in [2.24, 2.45) is 23.2 Å². The van der Waals surface area contributed by atoms with Crippen molar-refractivity contribution in [1.82, 2.24) is 19.8 Å². The summed E-state index contributed by atoms with van der Waals surface area (Å²) in [5, 5.41) is 0. The second-order valence-electron chi connectivity index (χ2n) is 10.0. The lowest BCUT2D eigenvalue weighted by molar-refractivity contribution is -0.133. The summed E-state index contributed by atoms with van der Waals surface area (Å²) in [6, 6.07) is 1.84. The van der Waals surface area contributed by atoms with Crippen LogP contribution < -0.4 is 4.90 Å². The molecule has 4 aliphatic carbocycles. The summed E-state index contributed by atoms with van der Waals surface area (Å²) >= 11 is 0. The molecule has 1 aromatic rings. The Morgan fingerprint density at radius 1 is 1.04 bits per heavy atom. The highest BCUT2D eigenvalue weighted by Gasteiger charge is 2.51. The molecule has 0 aromatic carbocycles. The molecule has 5 aliphatic rings. The number of hydrogen-bond donors (Lipinski definition) is 0. The highest BCUT2D eigenvalue weighted by molar-refractivity contribution is 5.78. The van der Waals surface area contributed by atoms with Crippen LogP contribution in [0.15, 0.2) is 18.5 Å². The SMILES string of the molecule is CN(CC(=O)N1CCN(c2ncccn2)CC1)CC12CC3CC(CC(C3)C1)C2. The molecular weight excluding hydrogens is 350 g/mol. The second kappa shape index (κ2) is 7.29. The molecule has 0 unspecified atom stereocenters. The fourth-order valence-corrected chi connectivity index (χ4v) is 7.05. The summed E-state index contributed by atoms with van der Waals surface area (Å²) < 4.78 is 0. The van der Waals surface area contributed by atoms with Crippen molar-refractivity contribution >= 4 is 11.9 Å². The van der Waals surface area contributed by atoms with Crippen LogP contribution in [0.1, 0.15) is 38.5 Å². The van der Waals surface area contributed by atoms with Crippen molar-refractivity contribution in [3.63, 3.8) is 0 Å². The van der Waals surface area contributed by atoms with Gasteiger partial charge in [0.15, 0.2) is 0 Å². The summed E-state index contributed by atoms with van der Waals surface area (Å²) in [5.41, 5.74) is 0.507. The molecule has 2 heterocycles. The predicted octanol–water partition coefficient (Wildman–Crippen LogP) is 2.27. The van der Waals surface area contributed by atoms with Crippen molar-refractivity contribution < 1.29 is 4.79 Å². The van der Waals surface area contributed by atoms with Crippen LogP contribution >= 0.6 is 0 Å². The lowest BCUT2D eigenvalue weighted by Crippen LogP contribution is -2.54. The number of piperazine rings is 1. The summed E-state index contributed by atoms with van der Waals surface area (Å²) in [4.78, 5) is 28.0. The van der Waals surface area contributed by atoms with Gasteiger partial charge in [-0.2, -0.15) is 0 Å². The largest absolute Gasteiger partial charge is 0.338 e.